The van der Waals surface area contributed by atoms with Crippen LogP contribution in [0, 0.1) is 0 Å². The molecule has 0 aromatic heterocycles. The molecule has 3 N–H and O–H groups in total. The summed E-state index contributed by atoms with van der Waals surface area (Å²) in [6, 6.07) is 9.22. The van der Waals surface area contributed by atoms with Crippen molar-refractivity contribution in [3.05, 3.63) is 48.2 Å². The van der Waals surface area contributed by atoms with Crippen LogP contribution < -0.4 is 10.7 Å². The average Bonchev–Trinajstić information content (AvgIpc) is 2.85. The van der Waals surface area contributed by atoms with Crippen LogP contribution in [-0.2, 0) is 4.79 Å². The van der Waals surface area contributed by atoms with E-state index in [1.165, 1.54) is 0 Å². The molecule has 2 aliphatic heterocycles. The number of hydrogen-bond acceptors (Lipinski definition) is 4. The molecule has 2 heterocycles. The highest BCUT2D eigenvalue weighted by Crippen LogP contribution is 2.27. The minimum absolute atomic E-state index is 0.0361. The van der Waals surface area contributed by atoms with E-state index in [0.29, 0.717) is 6.54 Å². The standard InChI is InChI=1S/C13H15N3O2/c17-13(18)12-10(9-4-2-1-3-5-9)8-16-11(15-12)6-7-14-16/h1-7,10-12,14-15H,8H2,(H,17,18). The number of rotatable bonds is 2. The summed E-state index contributed by atoms with van der Waals surface area (Å²) in [5, 5.41) is 14.5. The maximum Gasteiger partial charge on any atom is 0.321 e. The van der Waals surface area contributed by atoms with Gasteiger partial charge in [0.05, 0.1) is 6.17 Å². The predicted molar refractivity (Wildman–Crippen MR) is 66.5 cm³/mol. The highest BCUT2D eigenvalue weighted by Gasteiger charge is 2.39. The van der Waals surface area contributed by atoms with E-state index < -0.39 is 12.0 Å². The number of benzene rings is 1. The van der Waals surface area contributed by atoms with E-state index >= 15 is 0 Å². The number of hydrazine groups is 1. The monoisotopic (exact) mass is 245 g/mol. The highest BCUT2D eigenvalue weighted by molar-refractivity contribution is 5.75. The van der Waals surface area contributed by atoms with Gasteiger partial charge in [-0.25, -0.2) is 5.01 Å². The minimum atomic E-state index is -0.802. The number of nitrogens with zero attached hydrogens (tertiary/aromatic N) is 1. The fourth-order valence-electron chi connectivity index (χ4n) is 2.58. The number of aliphatic carboxylic acids is 1. The van der Waals surface area contributed by atoms with Gasteiger partial charge in [0.2, 0.25) is 0 Å². The fourth-order valence-corrected chi connectivity index (χ4v) is 2.58. The first-order chi connectivity index (χ1) is 8.75. The Morgan fingerprint density at radius 2 is 2.11 bits per heavy atom. The Hall–Kier alpha value is -1.85. The van der Waals surface area contributed by atoms with Crippen LogP contribution in [0.4, 0.5) is 0 Å². The minimum Gasteiger partial charge on any atom is -0.480 e. The van der Waals surface area contributed by atoms with Gasteiger partial charge in [0, 0.05) is 18.7 Å². The fraction of sp³-hybridized carbons (Fsp3) is 0.308. The molecule has 1 fully saturated rings. The van der Waals surface area contributed by atoms with Crippen LogP contribution in [0.2, 0.25) is 0 Å². The summed E-state index contributed by atoms with van der Waals surface area (Å²) in [6.45, 7) is 0.672. The molecule has 94 valence electrons. The van der Waals surface area contributed by atoms with Crippen LogP contribution in [0.1, 0.15) is 11.5 Å². The quantitative estimate of drug-likeness (QED) is 0.707. The van der Waals surface area contributed by atoms with E-state index in [0.717, 1.165) is 5.56 Å². The molecular weight excluding hydrogens is 230 g/mol. The second kappa shape index (κ2) is 4.44. The summed E-state index contributed by atoms with van der Waals surface area (Å²) in [5.41, 5.74) is 4.16. The molecule has 1 saturated heterocycles. The summed E-state index contributed by atoms with van der Waals surface area (Å²) in [4.78, 5) is 11.4. The Bertz CT molecular complexity index is 474. The van der Waals surface area contributed by atoms with Gasteiger partial charge in [-0.15, -0.1) is 0 Å². The van der Waals surface area contributed by atoms with Crippen molar-refractivity contribution < 1.29 is 9.90 Å². The molecule has 5 nitrogen and oxygen atoms in total. The van der Waals surface area contributed by atoms with Crippen molar-refractivity contribution in [1.29, 1.82) is 0 Å². The van der Waals surface area contributed by atoms with Gasteiger partial charge in [0.25, 0.3) is 0 Å². The molecule has 0 spiro atoms. The first-order valence-electron chi connectivity index (χ1n) is 5.99. The summed E-state index contributed by atoms with van der Waals surface area (Å²) < 4.78 is 0. The molecule has 3 unspecified atom stereocenters. The first-order valence-corrected chi connectivity index (χ1v) is 5.99. The third kappa shape index (κ3) is 1.87. The van der Waals surface area contributed by atoms with Crippen molar-refractivity contribution in [2.24, 2.45) is 0 Å². The van der Waals surface area contributed by atoms with Crippen LogP contribution in [0.5, 0.6) is 0 Å². The molecule has 3 atom stereocenters. The zero-order valence-corrected chi connectivity index (χ0v) is 9.78. The number of fused-ring (bicyclic) bond motifs is 1. The number of hydrogen-bond donors (Lipinski definition) is 3. The molecule has 0 radical (unpaired) electrons. The third-order valence-corrected chi connectivity index (χ3v) is 3.49. The van der Waals surface area contributed by atoms with Crippen LogP contribution >= 0.6 is 0 Å². The van der Waals surface area contributed by atoms with E-state index in [9.17, 15) is 9.90 Å². The Labute approximate surface area is 105 Å². The topological polar surface area (TPSA) is 64.6 Å². The molecule has 1 aromatic carbocycles. The van der Waals surface area contributed by atoms with Crippen molar-refractivity contribution in [2.45, 2.75) is 18.1 Å². The van der Waals surface area contributed by atoms with Crippen molar-refractivity contribution in [3.8, 4) is 0 Å². The Balaban J connectivity index is 1.89. The predicted octanol–water partition coefficient (Wildman–Crippen LogP) is 0.487. The van der Waals surface area contributed by atoms with E-state index in [2.05, 4.69) is 10.7 Å². The van der Waals surface area contributed by atoms with Gasteiger partial charge >= 0.3 is 5.97 Å². The van der Waals surface area contributed by atoms with Crippen LogP contribution in [0.15, 0.2) is 42.6 Å². The van der Waals surface area contributed by atoms with E-state index in [-0.39, 0.29) is 12.1 Å². The SMILES string of the molecule is O=C(O)C1NC2C=CNN2CC1c1ccccc1. The molecule has 1 aromatic rings. The lowest BCUT2D eigenvalue weighted by molar-refractivity contribution is -0.142. The average molecular weight is 245 g/mol. The largest absolute Gasteiger partial charge is 0.480 e. The summed E-state index contributed by atoms with van der Waals surface area (Å²) >= 11 is 0. The first kappa shape index (κ1) is 11.3. The van der Waals surface area contributed by atoms with Gasteiger partial charge in [0.1, 0.15) is 6.04 Å². The molecule has 0 bridgehead atoms. The highest BCUT2D eigenvalue weighted by atomic mass is 16.4. The van der Waals surface area contributed by atoms with Crippen molar-refractivity contribution in [1.82, 2.24) is 15.8 Å². The molecule has 0 saturated carbocycles. The molecule has 0 aliphatic carbocycles. The Morgan fingerprint density at radius 1 is 1.33 bits per heavy atom. The van der Waals surface area contributed by atoms with E-state index in [4.69, 9.17) is 0 Å². The van der Waals surface area contributed by atoms with Gasteiger partial charge in [-0.2, -0.15) is 0 Å². The molecule has 2 aliphatic rings. The van der Waals surface area contributed by atoms with E-state index in [1.807, 2.05) is 47.6 Å². The lowest BCUT2D eigenvalue weighted by Crippen LogP contribution is -2.61. The Kier molecular flexibility index (Phi) is 2.77. The number of carbonyl (C=O) groups is 1. The lowest BCUT2D eigenvalue weighted by Gasteiger charge is -2.39. The van der Waals surface area contributed by atoms with Crippen molar-refractivity contribution in [3.63, 3.8) is 0 Å². The van der Waals surface area contributed by atoms with Crippen LogP contribution in [0.25, 0.3) is 0 Å². The van der Waals surface area contributed by atoms with Gasteiger partial charge in [-0.3, -0.25) is 10.1 Å². The second-order valence-corrected chi connectivity index (χ2v) is 4.59. The zero-order valence-electron chi connectivity index (χ0n) is 9.78. The van der Waals surface area contributed by atoms with Crippen molar-refractivity contribution >= 4 is 5.97 Å². The zero-order chi connectivity index (χ0) is 12.5. The maximum absolute atomic E-state index is 11.4. The Morgan fingerprint density at radius 3 is 2.83 bits per heavy atom. The van der Waals surface area contributed by atoms with Gasteiger partial charge in [-0.05, 0) is 11.6 Å². The summed E-state index contributed by atoms with van der Waals surface area (Å²) in [6.07, 6.45) is 3.73. The summed E-state index contributed by atoms with van der Waals surface area (Å²) in [5.74, 6) is -0.865. The maximum atomic E-state index is 11.4. The molecule has 18 heavy (non-hydrogen) atoms. The van der Waals surface area contributed by atoms with Crippen LogP contribution in [0.3, 0.4) is 0 Å². The van der Waals surface area contributed by atoms with Gasteiger partial charge < -0.3 is 10.5 Å². The van der Waals surface area contributed by atoms with Gasteiger partial charge in [-0.1, -0.05) is 30.3 Å². The third-order valence-electron chi connectivity index (χ3n) is 3.49. The lowest BCUT2D eigenvalue weighted by atomic mass is 9.89. The van der Waals surface area contributed by atoms with Crippen LogP contribution in [-0.4, -0.2) is 34.8 Å². The smallest absolute Gasteiger partial charge is 0.321 e. The van der Waals surface area contributed by atoms with Gasteiger partial charge in [0.15, 0.2) is 0 Å². The number of carboxylic acid groups (broad SMARTS) is 1. The number of nitrogens with one attached hydrogen (secondary N) is 2. The summed E-state index contributed by atoms with van der Waals surface area (Å²) in [7, 11) is 0. The molecular formula is C13H15N3O2. The molecule has 5 heteroatoms. The number of carboxylic acids is 1. The van der Waals surface area contributed by atoms with Crippen molar-refractivity contribution in [2.75, 3.05) is 6.54 Å². The van der Waals surface area contributed by atoms with E-state index in [1.54, 1.807) is 0 Å². The molecule has 3 rings (SSSR count). The molecule has 0 amide bonds. The second-order valence-electron chi connectivity index (χ2n) is 4.59. The normalized spacial score (nSPS) is 30.8.